The second kappa shape index (κ2) is 7.53. The Morgan fingerprint density at radius 2 is 1.88 bits per heavy atom. The third kappa shape index (κ3) is 4.28. The summed E-state index contributed by atoms with van der Waals surface area (Å²) in [6.45, 7) is 5.13. The molecule has 0 bridgehead atoms. The van der Waals surface area contributed by atoms with Crippen molar-refractivity contribution in [3.8, 4) is 0 Å². The second-order valence-electron chi connectivity index (χ2n) is 6.57. The van der Waals surface area contributed by atoms with Crippen molar-refractivity contribution in [1.82, 2.24) is 10.2 Å². The van der Waals surface area contributed by atoms with Crippen LogP contribution in [0.15, 0.2) is 59.0 Å². The van der Waals surface area contributed by atoms with E-state index in [1.54, 1.807) is 0 Å². The number of furan rings is 1. The van der Waals surface area contributed by atoms with Crippen LogP contribution >= 0.6 is 0 Å². The van der Waals surface area contributed by atoms with E-state index in [0.717, 1.165) is 23.3 Å². The first kappa shape index (κ1) is 17.2. The first-order valence-electron chi connectivity index (χ1n) is 8.54. The van der Waals surface area contributed by atoms with Gasteiger partial charge in [-0.3, -0.25) is 9.69 Å². The van der Waals surface area contributed by atoms with Gasteiger partial charge in [-0.25, -0.2) is 0 Å². The molecule has 4 heteroatoms. The van der Waals surface area contributed by atoms with Crippen molar-refractivity contribution in [1.29, 1.82) is 0 Å². The largest absolute Gasteiger partial charge is 0.459 e. The van der Waals surface area contributed by atoms with Crippen molar-refractivity contribution < 1.29 is 9.21 Å². The minimum Gasteiger partial charge on any atom is -0.459 e. The van der Waals surface area contributed by atoms with Crippen LogP contribution in [-0.2, 0) is 11.3 Å². The number of carbonyl (C=O) groups is 1. The van der Waals surface area contributed by atoms with E-state index in [1.165, 1.54) is 11.1 Å². The second-order valence-corrected chi connectivity index (χ2v) is 6.57. The lowest BCUT2D eigenvalue weighted by Crippen LogP contribution is -2.36. The molecule has 0 fully saturated rings. The summed E-state index contributed by atoms with van der Waals surface area (Å²) in [5.41, 5.74) is 3.32. The number of benzene rings is 2. The van der Waals surface area contributed by atoms with Crippen LogP contribution in [0.25, 0.3) is 11.0 Å². The number of nitrogens with zero attached hydrogens (tertiary/aromatic N) is 1. The van der Waals surface area contributed by atoms with E-state index in [1.807, 2.05) is 61.3 Å². The molecule has 1 heterocycles. The number of fused-ring (bicyclic) bond motifs is 1. The van der Waals surface area contributed by atoms with Crippen LogP contribution in [0.5, 0.6) is 0 Å². The Morgan fingerprint density at radius 3 is 2.64 bits per heavy atom. The molecule has 3 rings (SSSR count). The van der Waals surface area contributed by atoms with Gasteiger partial charge in [-0.2, -0.15) is 0 Å². The van der Waals surface area contributed by atoms with Gasteiger partial charge in [0, 0.05) is 11.9 Å². The molecule has 1 N–H and O–H groups in total. The normalized spacial score (nSPS) is 12.5. The molecule has 0 aliphatic heterocycles. The zero-order chi connectivity index (χ0) is 17.8. The highest BCUT2D eigenvalue weighted by Crippen LogP contribution is 2.23. The summed E-state index contributed by atoms with van der Waals surface area (Å²) in [4.78, 5) is 14.3. The lowest BCUT2D eigenvalue weighted by Gasteiger charge is -2.19. The number of aryl methyl sites for hydroxylation is 1. The van der Waals surface area contributed by atoms with Crippen LogP contribution in [0.4, 0.5) is 0 Å². The van der Waals surface area contributed by atoms with Gasteiger partial charge in [0.15, 0.2) is 0 Å². The predicted octanol–water partition coefficient (Wildman–Crippen LogP) is 4.05. The van der Waals surface area contributed by atoms with Gasteiger partial charge >= 0.3 is 0 Å². The van der Waals surface area contributed by atoms with Gasteiger partial charge in [0.05, 0.1) is 12.6 Å². The molecule has 0 saturated heterocycles. The third-order valence-corrected chi connectivity index (χ3v) is 4.36. The van der Waals surface area contributed by atoms with Gasteiger partial charge in [-0.15, -0.1) is 0 Å². The van der Waals surface area contributed by atoms with Crippen molar-refractivity contribution in [2.45, 2.75) is 26.4 Å². The fourth-order valence-electron chi connectivity index (χ4n) is 2.95. The minimum atomic E-state index is -0.160. The zero-order valence-corrected chi connectivity index (χ0v) is 15.0. The van der Waals surface area contributed by atoms with Crippen molar-refractivity contribution >= 4 is 16.9 Å². The van der Waals surface area contributed by atoms with E-state index in [4.69, 9.17) is 4.42 Å². The highest BCUT2D eigenvalue weighted by Gasteiger charge is 2.15. The molecule has 0 aliphatic rings. The van der Waals surface area contributed by atoms with Crippen molar-refractivity contribution in [2.75, 3.05) is 13.6 Å². The smallest absolute Gasteiger partial charge is 0.234 e. The van der Waals surface area contributed by atoms with E-state index in [0.29, 0.717) is 6.54 Å². The van der Waals surface area contributed by atoms with Gasteiger partial charge in [-0.1, -0.05) is 42.5 Å². The minimum absolute atomic E-state index is 0.0101. The molecule has 130 valence electrons. The summed E-state index contributed by atoms with van der Waals surface area (Å²) < 4.78 is 5.82. The Bertz CT molecular complexity index is 836. The summed E-state index contributed by atoms with van der Waals surface area (Å²) in [5.74, 6) is 0.764. The maximum absolute atomic E-state index is 12.3. The van der Waals surface area contributed by atoms with Crippen LogP contribution in [0, 0.1) is 6.92 Å². The summed E-state index contributed by atoms with van der Waals surface area (Å²) in [6, 6.07) is 17.9. The molecular weight excluding hydrogens is 312 g/mol. The SMILES string of the molecule is Cc1ccccc1CN(C)CC(=O)N[C@H](C)c1cc2ccccc2o1. The van der Waals surface area contributed by atoms with E-state index in [-0.39, 0.29) is 11.9 Å². The van der Waals surface area contributed by atoms with E-state index in [9.17, 15) is 4.79 Å². The van der Waals surface area contributed by atoms with Crippen LogP contribution in [0.1, 0.15) is 29.9 Å². The van der Waals surface area contributed by atoms with E-state index >= 15 is 0 Å². The number of rotatable bonds is 6. The number of hydrogen-bond donors (Lipinski definition) is 1. The first-order chi connectivity index (χ1) is 12.0. The lowest BCUT2D eigenvalue weighted by molar-refractivity contribution is -0.122. The van der Waals surface area contributed by atoms with Gasteiger partial charge in [-0.05, 0) is 44.2 Å². The Hall–Kier alpha value is -2.59. The van der Waals surface area contributed by atoms with Gasteiger partial charge in [0.1, 0.15) is 11.3 Å². The number of amides is 1. The molecule has 4 nitrogen and oxygen atoms in total. The van der Waals surface area contributed by atoms with Gasteiger partial charge in [0.2, 0.25) is 5.91 Å². The third-order valence-electron chi connectivity index (χ3n) is 4.36. The van der Waals surface area contributed by atoms with Crippen molar-refractivity contribution in [2.24, 2.45) is 0 Å². The highest BCUT2D eigenvalue weighted by atomic mass is 16.3. The Morgan fingerprint density at radius 1 is 1.16 bits per heavy atom. The molecule has 1 amide bonds. The fraction of sp³-hybridized carbons (Fsp3) is 0.286. The maximum Gasteiger partial charge on any atom is 0.234 e. The Labute approximate surface area is 148 Å². The summed E-state index contributed by atoms with van der Waals surface area (Å²) in [7, 11) is 1.96. The zero-order valence-electron chi connectivity index (χ0n) is 15.0. The topological polar surface area (TPSA) is 45.5 Å². The molecule has 0 unspecified atom stereocenters. The molecule has 0 radical (unpaired) electrons. The molecule has 0 aliphatic carbocycles. The lowest BCUT2D eigenvalue weighted by atomic mass is 10.1. The molecule has 25 heavy (non-hydrogen) atoms. The molecular formula is C21H24N2O2. The Kier molecular flexibility index (Phi) is 5.19. The van der Waals surface area contributed by atoms with Crippen molar-refractivity contribution in [3.63, 3.8) is 0 Å². The fourth-order valence-corrected chi connectivity index (χ4v) is 2.95. The van der Waals surface area contributed by atoms with Crippen molar-refractivity contribution in [3.05, 3.63) is 71.5 Å². The average molecular weight is 336 g/mol. The molecule has 3 aromatic rings. The number of carbonyl (C=O) groups excluding carboxylic acids is 1. The Balaban J connectivity index is 1.57. The van der Waals surface area contributed by atoms with Crippen LogP contribution in [-0.4, -0.2) is 24.4 Å². The van der Waals surface area contributed by atoms with E-state index in [2.05, 4.69) is 24.4 Å². The number of nitrogens with one attached hydrogen (secondary N) is 1. The number of likely N-dealkylation sites (N-methyl/N-ethyl adjacent to an activating group) is 1. The maximum atomic E-state index is 12.3. The molecule has 2 aromatic carbocycles. The average Bonchev–Trinajstić information content (AvgIpc) is 3.01. The molecule has 1 aromatic heterocycles. The van der Waals surface area contributed by atoms with Gasteiger partial charge in [0.25, 0.3) is 0 Å². The monoisotopic (exact) mass is 336 g/mol. The summed E-state index contributed by atoms with van der Waals surface area (Å²) in [5, 5.41) is 4.07. The molecule has 0 spiro atoms. The van der Waals surface area contributed by atoms with Crippen LogP contribution < -0.4 is 5.32 Å². The number of para-hydroxylation sites is 1. The number of hydrogen-bond acceptors (Lipinski definition) is 3. The highest BCUT2D eigenvalue weighted by molar-refractivity contribution is 5.80. The molecule has 0 saturated carbocycles. The summed E-state index contributed by atoms with van der Waals surface area (Å²) in [6.07, 6.45) is 0. The standard InChI is InChI=1S/C21H24N2O2/c1-15-8-4-5-10-18(15)13-23(3)14-21(24)22-16(2)20-12-17-9-6-7-11-19(17)25-20/h4-12,16H,13-14H2,1-3H3,(H,22,24)/t16-/m1/s1. The van der Waals surface area contributed by atoms with E-state index < -0.39 is 0 Å². The quantitative estimate of drug-likeness (QED) is 0.738. The first-order valence-corrected chi connectivity index (χ1v) is 8.54. The van der Waals surface area contributed by atoms with Crippen LogP contribution in [0.2, 0.25) is 0 Å². The summed E-state index contributed by atoms with van der Waals surface area (Å²) >= 11 is 0. The van der Waals surface area contributed by atoms with Gasteiger partial charge < -0.3 is 9.73 Å². The van der Waals surface area contributed by atoms with Crippen LogP contribution in [0.3, 0.4) is 0 Å². The molecule has 1 atom stereocenters. The predicted molar refractivity (Wildman–Crippen MR) is 100 cm³/mol.